The van der Waals surface area contributed by atoms with E-state index < -0.39 is 6.10 Å². The highest BCUT2D eigenvalue weighted by atomic mass is 16.5. The maximum absolute atomic E-state index is 10.6. The summed E-state index contributed by atoms with van der Waals surface area (Å²) in [6, 6.07) is 11.7. The van der Waals surface area contributed by atoms with Gasteiger partial charge in [0.05, 0.1) is 37.9 Å². The van der Waals surface area contributed by atoms with Crippen LogP contribution in [-0.2, 0) is 19.4 Å². The van der Waals surface area contributed by atoms with Crippen LogP contribution in [0.2, 0.25) is 0 Å². The molecule has 1 aliphatic rings. The molecule has 0 unspecified atom stereocenters. The van der Waals surface area contributed by atoms with Gasteiger partial charge in [-0.2, -0.15) is 0 Å². The zero-order valence-electron chi connectivity index (χ0n) is 15.0. The Morgan fingerprint density at radius 2 is 1.77 bits per heavy atom. The van der Waals surface area contributed by atoms with Crippen molar-refractivity contribution in [2.24, 2.45) is 0 Å². The Bertz CT molecular complexity index is 889. The highest BCUT2D eigenvalue weighted by Gasteiger charge is 2.31. The third-order valence-electron chi connectivity index (χ3n) is 5.06. The third-order valence-corrected chi connectivity index (χ3v) is 5.06. The molecule has 3 N–H and O–H groups in total. The lowest BCUT2D eigenvalue weighted by molar-refractivity contribution is 0.116. The second-order valence-corrected chi connectivity index (χ2v) is 6.59. The van der Waals surface area contributed by atoms with Crippen molar-refractivity contribution >= 4 is 11.0 Å². The predicted octanol–water partition coefficient (Wildman–Crippen LogP) is 2.20. The van der Waals surface area contributed by atoms with Gasteiger partial charge in [0.2, 0.25) is 0 Å². The largest absolute Gasteiger partial charge is 0.496 e. The molecular formula is C20H23N3O3. The Balaban J connectivity index is 1.53. The van der Waals surface area contributed by atoms with E-state index in [1.165, 1.54) is 0 Å². The molecule has 0 saturated carbocycles. The molecule has 0 saturated heterocycles. The van der Waals surface area contributed by atoms with E-state index in [-0.39, 0.29) is 6.04 Å². The quantitative estimate of drug-likeness (QED) is 0.655. The SMILES string of the molecule is COc1ccc(OC)c2c1C[C@H](NCc1nc3ccccc3[nH]1)[C@@H](O)C2. The van der Waals surface area contributed by atoms with E-state index in [0.717, 1.165) is 39.5 Å². The zero-order valence-corrected chi connectivity index (χ0v) is 15.0. The molecule has 0 amide bonds. The Morgan fingerprint density at radius 1 is 1.08 bits per heavy atom. The number of hydrogen-bond donors (Lipinski definition) is 3. The average Bonchev–Trinajstić information content (AvgIpc) is 3.08. The monoisotopic (exact) mass is 353 g/mol. The number of ether oxygens (including phenoxy) is 2. The van der Waals surface area contributed by atoms with Gasteiger partial charge in [-0.25, -0.2) is 4.98 Å². The van der Waals surface area contributed by atoms with Crippen LogP contribution in [0.3, 0.4) is 0 Å². The first-order valence-corrected chi connectivity index (χ1v) is 8.77. The molecule has 3 aromatic rings. The van der Waals surface area contributed by atoms with Gasteiger partial charge in [0, 0.05) is 23.6 Å². The van der Waals surface area contributed by atoms with Crippen molar-refractivity contribution in [3.63, 3.8) is 0 Å². The van der Waals surface area contributed by atoms with Gasteiger partial charge in [0.1, 0.15) is 17.3 Å². The van der Waals surface area contributed by atoms with E-state index in [9.17, 15) is 5.11 Å². The number of imidazole rings is 1. The fraction of sp³-hybridized carbons (Fsp3) is 0.350. The lowest BCUT2D eigenvalue weighted by Gasteiger charge is -2.32. The number of methoxy groups -OCH3 is 2. The van der Waals surface area contributed by atoms with E-state index >= 15 is 0 Å². The maximum Gasteiger partial charge on any atom is 0.122 e. The van der Waals surface area contributed by atoms with Crippen LogP contribution < -0.4 is 14.8 Å². The first-order valence-electron chi connectivity index (χ1n) is 8.77. The van der Waals surface area contributed by atoms with Gasteiger partial charge >= 0.3 is 0 Å². The second kappa shape index (κ2) is 6.97. The standard InChI is InChI=1S/C20H23N3O3/c1-25-18-7-8-19(26-2)13-10-17(24)16(9-12(13)18)21-11-20-22-14-5-3-4-6-15(14)23-20/h3-8,16-17,21,24H,9-11H2,1-2H3,(H,22,23)/t16-,17-/m0/s1. The highest BCUT2D eigenvalue weighted by Crippen LogP contribution is 2.36. The van der Waals surface area contributed by atoms with Gasteiger partial charge in [-0.3, -0.25) is 0 Å². The first-order chi connectivity index (χ1) is 12.7. The lowest BCUT2D eigenvalue weighted by Crippen LogP contribution is -2.45. The number of para-hydroxylation sites is 2. The molecule has 136 valence electrons. The molecule has 1 aromatic heterocycles. The van der Waals surface area contributed by atoms with Crippen molar-refractivity contribution in [2.45, 2.75) is 31.5 Å². The molecule has 4 rings (SSSR count). The molecule has 1 aliphatic carbocycles. The molecule has 6 nitrogen and oxygen atoms in total. The summed E-state index contributed by atoms with van der Waals surface area (Å²) in [5.74, 6) is 2.50. The number of benzene rings is 2. The number of aromatic nitrogens is 2. The summed E-state index contributed by atoms with van der Waals surface area (Å²) in [4.78, 5) is 7.89. The Labute approximate surface area is 152 Å². The Hall–Kier alpha value is -2.57. The first kappa shape index (κ1) is 16.9. The molecule has 26 heavy (non-hydrogen) atoms. The van der Waals surface area contributed by atoms with Crippen LogP contribution in [0.15, 0.2) is 36.4 Å². The summed E-state index contributed by atoms with van der Waals surface area (Å²) in [7, 11) is 3.32. The fourth-order valence-corrected chi connectivity index (χ4v) is 3.71. The minimum absolute atomic E-state index is 0.0725. The van der Waals surface area contributed by atoms with Crippen LogP contribution in [0.25, 0.3) is 11.0 Å². The van der Waals surface area contributed by atoms with Crippen molar-refractivity contribution < 1.29 is 14.6 Å². The molecule has 1 heterocycles. The van der Waals surface area contributed by atoms with Crippen molar-refractivity contribution in [2.75, 3.05) is 14.2 Å². The molecule has 0 spiro atoms. The number of aliphatic hydroxyl groups excluding tert-OH is 1. The Morgan fingerprint density at radius 3 is 2.46 bits per heavy atom. The smallest absolute Gasteiger partial charge is 0.122 e. The topological polar surface area (TPSA) is 79.4 Å². The van der Waals surface area contributed by atoms with E-state index in [1.807, 2.05) is 36.4 Å². The van der Waals surface area contributed by atoms with Crippen LogP contribution in [0.1, 0.15) is 17.0 Å². The van der Waals surface area contributed by atoms with Crippen LogP contribution in [0.5, 0.6) is 11.5 Å². The number of nitrogens with one attached hydrogen (secondary N) is 2. The second-order valence-electron chi connectivity index (χ2n) is 6.59. The van der Waals surface area contributed by atoms with Gasteiger partial charge in [-0.1, -0.05) is 12.1 Å². The molecule has 6 heteroatoms. The van der Waals surface area contributed by atoms with E-state index in [1.54, 1.807) is 14.2 Å². The predicted molar refractivity (Wildman–Crippen MR) is 99.7 cm³/mol. The highest BCUT2D eigenvalue weighted by molar-refractivity contribution is 5.74. The summed E-state index contributed by atoms with van der Waals surface area (Å²) in [6.07, 6.45) is 0.720. The zero-order chi connectivity index (χ0) is 18.1. The van der Waals surface area contributed by atoms with Crippen molar-refractivity contribution in [3.05, 3.63) is 53.3 Å². The van der Waals surface area contributed by atoms with Gasteiger partial charge < -0.3 is 24.9 Å². The summed E-state index contributed by atoms with van der Waals surface area (Å²) in [5, 5.41) is 14.1. The number of hydrogen-bond acceptors (Lipinski definition) is 5. The van der Waals surface area contributed by atoms with Crippen molar-refractivity contribution in [1.29, 1.82) is 0 Å². The van der Waals surface area contributed by atoms with Gasteiger partial charge in [0.15, 0.2) is 0 Å². The molecule has 2 atom stereocenters. The van der Waals surface area contributed by atoms with E-state index in [0.29, 0.717) is 19.4 Å². The maximum atomic E-state index is 10.6. The van der Waals surface area contributed by atoms with Crippen LogP contribution in [0.4, 0.5) is 0 Å². The van der Waals surface area contributed by atoms with E-state index in [2.05, 4.69) is 15.3 Å². The van der Waals surface area contributed by atoms with Crippen molar-refractivity contribution in [1.82, 2.24) is 15.3 Å². The Kier molecular flexibility index (Phi) is 4.53. The summed E-state index contributed by atoms with van der Waals surface area (Å²) in [5.41, 5.74) is 4.09. The van der Waals surface area contributed by atoms with Crippen molar-refractivity contribution in [3.8, 4) is 11.5 Å². The lowest BCUT2D eigenvalue weighted by atomic mass is 9.85. The average molecular weight is 353 g/mol. The number of aliphatic hydroxyl groups is 1. The number of rotatable bonds is 5. The normalized spacial score (nSPS) is 19.3. The molecule has 0 aliphatic heterocycles. The van der Waals surface area contributed by atoms with E-state index in [4.69, 9.17) is 9.47 Å². The fourth-order valence-electron chi connectivity index (χ4n) is 3.71. The summed E-state index contributed by atoms with van der Waals surface area (Å²) < 4.78 is 11.0. The van der Waals surface area contributed by atoms with Gasteiger partial charge in [0.25, 0.3) is 0 Å². The minimum atomic E-state index is -0.493. The number of fused-ring (bicyclic) bond motifs is 2. The molecular weight excluding hydrogens is 330 g/mol. The summed E-state index contributed by atoms with van der Waals surface area (Å²) in [6.45, 7) is 0.567. The molecule has 0 fully saturated rings. The number of nitrogens with zero attached hydrogens (tertiary/aromatic N) is 1. The third kappa shape index (κ3) is 3.02. The molecule has 2 aromatic carbocycles. The van der Waals surface area contributed by atoms with Gasteiger partial charge in [-0.05, 0) is 30.7 Å². The molecule has 0 bridgehead atoms. The summed E-state index contributed by atoms with van der Waals surface area (Å²) >= 11 is 0. The number of H-pyrrole nitrogens is 1. The van der Waals surface area contributed by atoms with Crippen LogP contribution in [-0.4, -0.2) is 41.4 Å². The molecule has 0 radical (unpaired) electrons. The number of aromatic amines is 1. The van der Waals surface area contributed by atoms with Gasteiger partial charge in [-0.15, -0.1) is 0 Å². The van der Waals surface area contributed by atoms with Crippen LogP contribution in [0, 0.1) is 0 Å². The minimum Gasteiger partial charge on any atom is -0.496 e. The van der Waals surface area contributed by atoms with Crippen LogP contribution >= 0.6 is 0 Å².